The van der Waals surface area contributed by atoms with Crippen molar-refractivity contribution in [3.05, 3.63) is 53.6 Å². The fraction of sp³-hybridized carbons (Fsp3) is 0.519. The summed E-state index contributed by atoms with van der Waals surface area (Å²) in [7, 11) is 4.94. The highest BCUT2D eigenvalue weighted by Gasteiger charge is 2.21. The van der Waals surface area contributed by atoms with Gasteiger partial charge in [-0.05, 0) is 37.1 Å². The van der Waals surface area contributed by atoms with Gasteiger partial charge in [0.05, 0.1) is 14.2 Å². The number of benzene rings is 2. The van der Waals surface area contributed by atoms with Crippen LogP contribution >= 0.6 is 0 Å². The standard InChI is InChI=1S/C27H38N2O4/c1-31-21-26(30)29-18-11-7-5-4-6-10-17-28(19-22-13-8-9-15-24(22)29)20-23-14-12-16-25(32-2)27(23)33-3/h8-9,12-16H,4-7,10-11,17-21H2,1-3H3. The molecule has 0 bridgehead atoms. The van der Waals surface area contributed by atoms with E-state index in [1.165, 1.54) is 19.3 Å². The molecular formula is C27H38N2O4. The zero-order valence-electron chi connectivity index (χ0n) is 20.3. The first-order chi connectivity index (χ1) is 16.2. The largest absolute Gasteiger partial charge is 0.493 e. The molecule has 0 spiro atoms. The molecule has 0 radical (unpaired) electrons. The van der Waals surface area contributed by atoms with Crippen LogP contribution in [0, 0.1) is 0 Å². The molecule has 2 aromatic carbocycles. The molecular weight excluding hydrogens is 416 g/mol. The Morgan fingerprint density at radius 2 is 1.58 bits per heavy atom. The molecule has 0 saturated heterocycles. The Balaban J connectivity index is 1.92. The minimum absolute atomic E-state index is 0.0147. The number of amides is 1. The van der Waals surface area contributed by atoms with Crippen LogP contribution in [0.3, 0.4) is 0 Å². The molecule has 6 heteroatoms. The van der Waals surface area contributed by atoms with E-state index in [4.69, 9.17) is 14.2 Å². The second kappa shape index (κ2) is 13.2. The van der Waals surface area contributed by atoms with Crippen molar-refractivity contribution in [2.24, 2.45) is 0 Å². The van der Waals surface area contributed by atoms with E-state index in [1.807, 2.05) is 23.1 Å². The van der Waals surface area contributed by atoms with E-state index < -0.39 is 0 Å². The third kappa shape index (κ3) is 6.95. The van der Waals surface area contributed by atoms with Gasteiger partial charge in [-0.2, -0.15) is 0 Å². The minimum Gasteiger partial charge on any atom is -0.493 e. The number of rotatable bonds is 6. The number of para-hydroxylation sites is 2. The average molecular weight is 455 g/mol. The fourth-order valence-corrected chi connectivity index (χ4v) is 4.58. The summed E-state index contributed by atoms with van der Waals surface area (Å²) < 4.78 is 16.4. The Morgan fingerprint density at radius 1 is 0.848 bits per heavy atom. The number of anilines is 1. The molecule has 0 N–H and O–H groups in total. The van der Waals surface area contributed by atoms with Gasteiger partial charge < -0.3 is 19.1 Å². The normalized spacial score (nSPS) is 16.2. The van der Waals surface area contributed by atoms with E-state index in [-0.39, 0.29) is 12.5 Å². The molecule has 0 fully saturated rings. The van der Waals surface area contributed by atoms with E-state index in [2.05, 4.69) is 29.2 Å². The smallest absolute Gasteiger partial charge is 0.252 e. The maximum absolute atomic E-state index is 12.9. The Kier molecular flexibility index (Phi) is 10.0. The second-order valence-corrected chi connectivity index (χ2v) is 8.59. The van der Waals surface area contributed by atoms with E-state index >= 15 is 0 Å². The topological polar surface area (TPSA) is 51.2 Å². The average Bonchev–Trinajstić information content (AvgIpc) is 2.84. The van der Waals surface area contributed by atoms with Crippen LogP contribution in [-0.4, -0.2) is 51.8 Å². The summed E-state index contributed by atoms with van der Waals surface area (Å²) in [6.07, 6.45) is 6.96. The lowest BCUT2D eigenvalue weighted by Gasteiger charge is -2.28. The molecule has 0 atom stereocenters. The van der Waals surface area contributed by atoms with Crippen molar-refractivity contribution in [3.63, 3.8) is 0 Å². The van der Waals surface area contributed by atoms with Crippen molar-refractivity contribution in [1.29, 1.82) is 0 Å². The number of nitrogens with zero attached hydrogens (tertiary/aromatic N) is 2. The first-order valence-electron chi connectivity index (χ1n) is 12.0. The lowest BCUT2D eigenvalue weighted by molar-refractivity contribution is -0.122. The van der Waals surface area contributed by atoms with Crippen LogP contribution < -0.4 is 14.4 Å². The van der Waals surface area contributed by atoms with Crippen LogP contribution in [0.2, 0.25) is 0 Å². The predicted octanol–water partition coefficient (Wildman–Crippen LogP) is 5.04. The number of hydrogen-bond acceptors (Lipinski definition) is 5. The van der Waals surface area contributed by atoms with Crippen LogP contribution in [-0.2, 0) is 22.6 Å². The Hall–Kier alpha value is -2.57. The summed E-state index contributed by atoms with van der Waals surface area (Å²) >= 11 is 0. The summed E-state index contributed by atoms with van der Waals surface area (Å²) in [6.45, 7) is 3.32. The van der Waals surface area contributed by atoms with Crippen LogP contribution in [0.25, 0.3) is 0 Å². The van der Waals surface area contributed by atoms with E-state index in [9.17, 15) is 4.79 Å². The van der Waals surface area contributed by atoms with Crippen molar-refractivity contribution in [2.45, 2.75) is 51.6 Å². The molecule has 6 nitrogen and oxygen atoms in total. The third-order valence-corrected chi connectivity index (χ3v) is 6.23. The summed E-state index contributed by atoms with van der Waals surface area (Å²) in [6, 6.07) is 14.3. The lowest BCUT2D eigenvalue weighted by Crippen LogP contribution is -2.36. The number of fused-ring (bicyclic) bond motifs is 1. The number of carbonyl (C=O) groups is 1. The van der Waals surface area contributed by atoms with Crippen molar-refractivity contribution in [3.8, 4) is 11.5 Å². The number of hydrogen-bond donors (Lipinski definition) is 0. The van der Waals surface area contributed by atoms with E-state index in [0.717, 1.165) is 73.8 Å². The quantitative estimate of drug-likeness (QED) is 0.612. The van der Waals surface area contributed by atoms with Gasteiger partial charge in [-0.15, -0.1) is 0 Å². The van der Waals surface area contributed by atoms with Crippen molar-refractivity contribution in [1.82, 2.24) is 4.90 Å². The Labute approximate surface area is 198 Å². The summed E-state index contributed by atoms with van der Waals surface area (Å²) in [5.41, 5.74) is 3.25. The van der Waals surface area contributed by atoms with Gasteiger partial charge in [-0.25, -0.2) is 0 Å². The molecule has 1 heterocycles. The Bertz CT molecular complexity index is 886. The SMILES string of the molecule is COCC(=O)N1CCCCCCCCN(Cc2cccc(OC)c2OC)Cc2ccccc21. The van der Waals surface area contributed by atoms with Gasteiger partial charge in [0, 0.05) is 38.0 Å². The molecule has 0 saturated carbocycles. The number of carbonyl (C=O) groups excluding carboxylic acids is 1. The highest BCUT2D eigenvalue weighted by molar-refractivity contribution is 5.95. The predicted molar refractivity (Wildman–Crippen MR) is 132 cm³/mol. The van der Waals surface area contributed by atoms with Gasteiger partial charge in [-0.3, -0.25) is 9.69 Å². The van der Waals surface area contributed by atoms with Gasteiger partial charge in [0.15, 0.2) is 11.5 Å². The molecule has 1 aliphatic rings. The van der Waals surface area contributed by atoms with Gasteiger partial charge in [-0.1, -0.05) is 56.0 Å². The van der Waals surface area contributed by atoms with Crippen LogP contribution in [0.5, 0.6) is 11.5 Å². The lowest BCUT2D eigenvalue weighted by atomic mass is 10.1. The van der Waals surface area contributed by atoms with Crippen LogP contribution in [0.15, 0.2) is 42.5 Å². The zero-order chi connectivity index (χ0) is 23.5. The minimum atomic E-state index is 0.0147. The van der Waals surface area contributed by atoms with Crippen molar-refractivity contribution < 1.29 is 19.0 Å². The molecule has 3 rings (SSSR count). The van der Waals surface area contributed by atoms with Gasteiger partial charge in [0.1, 0.15) is 6.61 Å². The zero-order valence-corrected chi connectivity index (χ0v) is 20.3. The molecule has 1 aliphatic heterocycles. The molecule has 33 heavy (non-hydrogen) atoms. The second-order valence-electron chi connectivity index (χ2n) is 8.59. The summed E-state index contributed by atoms with van der Waals surface area (Å²) in [4.78, 5) is 17.3. The van der Waals surface area contributed by atoms with Crippen LogP contribution in [0.4, 0.5) is 5.69 Å². The molecule has 2 aromatic rings. The molecule has 0 aromatic heterocycles. The highest BCUT2D eigenvalue weighted by atomic mass is 16.5. The van der Waals surface area contributed by atoms with Gasteiger partial charge >= 0.3 is 0 Å². The van der Waals surface area contributed by atoms with Crippen molar-refractivity contribution >= 4 is 11.6 Å². The Morgan fingerprint density at radius 3 is 2.30 bits per heavy atom. The summed E-state index contributed by atoms with van der Waals surface area (Å²) in [5, 5.41) is 0. The fourth-order valence-electron chi connectivity index (χ4n) is 4.58. The first-order valence-corrected chi connectivity index (χ1v) is 12.0. The number of ether oxygens (including phenoxy) is 3. The molecule has 180 valence electrons. The molecule has 1 amide bonds. The molecule has 0 aliphatic carbocycles. The maximum atomic E-state index is 12.9. The monoisotopic (exact) mass is 454 g/mol. The van der Waals surface area contributed by atoms with Crippen LogP contribution in [0.1, 0.15) is 49.7 Å². The highest BCUT2D eigenvalue weighted by Crippen LogP contribution is 2.32. The van der Waals surface area contributed by atoms with Gasteiger partial charge in [0.2, 0.25) is 0 Å². The number of methoxy groups -OCH3 is 3. The van der Waals surface area contributed by atoms with Crippen molar-refractivity contribution in [2.75, 3.05) is 45.9 Å². The third-order valence-electron chi connectivity index (χ3n) is 6.23. The maximum Gasteiger partial charge on any atom is 0.252 e. The summed E-state index contributed by atoms with van der Waals surface area (Å²) in [5.74, 6) is 1.55. The van der Waals surface area contributed by atoms with E-state index in [0.29, 0.717) is 0 Å². The first kappa shape index (κ1) is 25.1. The molecule has 0 unspecified atom stereocenters. The van der Waals surface area contributed by atoms with E-state index in [1.54, 1.807) is 21.3 Å². The van der Waals surface area contributed by atoms with Gasteiger partial charge in [0.25, 0.3) is 5.91 Å².